The van der Waals surface area contributed by atoms with Gasteiger partial charge < -0.3 is 10.3 Å². The number of aryl methyl sites for hydroxylation is 1. The molecule has 0 spiro atoms. The predicted molar refractivity (Wildman–Crippen MR) is 62.8 cm³/mol. The van der Waals surface area contributed by atoms with E-state index in [1.165, 1.54) is 6.33 Å². The zero-order valence-electron chi connectivity index (χ0n) is 8.23. The minimum absolute atomic E-state index is 0.444. The van der Waals surface area contributed by atoms with Crippen molar-refractivity contribution in [2.24, 2.45) is 0 Å². The van der Waals surface area contributed by atoms with Gasteiger partial charge in [-0.2, -0.15) is 0 Å². The first-order chi connectivity index (χ1) is 7.33. The molecule has 6 heteroatoms. The van der Waals surface area contributed by atoms with Crippen LogP contribution in [0.2, 0.25) is 0 Å². The molecule has 2 rings (SSSR count). The van der Waals surface area contributed by atoms with E-state index in [2.05, 4.69) is 30.9 Å². The van der Waals surface area contributed by atoms with Crippen molar-refractivity contribution >= 4 is 32.9 Å². The highest BCUT2D eigenvalue weighted by molar-refractivity contribution is 9.09. The van der Waals surface area contributed by atoms with Gasteiger partial charge in [-0.15, -0.1) is 0 Å². The van der Waals surface area contributed by atoms with Crippen LogP contribution in [0, 0.1) is 0 Å². The minimum atomic E-state index is 0.444. The standard InChI is InChI=1S/C9H12BrN5/c10-3-1-2-4-15-6-14-7-8(11)12-5-13-9(7)15/h5-6H,1-4H2,(H2,11,12,13). The first-order valence-electron chi connectivity index (χ1n) is 4.80. The van der Waals surface area contributed by atoms with E-state index < -0.39 is 0 Å². The Bertz CT molecular complexity index is 453. The van der Waals surface area contributed by atoms with E-state index in [-0.39, 0.29) is 0 Å². The molecule has 2 aromatic heterocycles. The number of nitrogens with zero attached hydrogens (tertiary/aromatic N) is 4. The van der Waals surface area contributed by atoms with Gasteiger partial charge >= 0.3 is 0 Å². The fourth-order valence-corrected chi connectivity index (χ4v) is 1.84. The number of halogens is 1. The van der Waals surface area contributed by atoms with Gasteiger partial charge in [-0.3, -0.25) is 0 Å². The molecule has 0 radical (unpaired) electrons. The number of unbranched alkanes of at least 4 members (excludes halogenated alkanes) is 1. The number of nitrogens with two attached hydrogens (primary N) is 1. The predicted octanol–water partition coefficient (Wildman–Crippen LogP) is 1.58. The lowest BCUT2D eigenvalue weighted by Gasteiger charge is -2.01. The second-order valence-electron chi connectivity index (χ2n) is 3.27. The molecule has 0 saturated carbocycles. The average Bonchev–Trinajstić information content (AvgIpc) is 2.64. The molecule has 0 bridgehead atoms. The summed E-state index contributed by atoms with van der Waals surface area (Å²) in [5, 5.41) is 1.02. The van der Waals surface area contributed by atoms with Crippen LogP contribution in [0.4, 0.5) is 5.82 Å². The van der Waals surface area contributed by atoms with E-state index in [1.54, 1.807) is 6.33 Å². The van der Waals surface area contributed by atoms with Crippen molar-refractivity contribution in [2.45, 2.75) is 19.4 Å². The monoisotopic (exact) mass is 269 g/mol. The Labute approximate surface area is 95.9 Å². The Morgan fingerprint density at radius 2 is 2.13 bits per heavy atom. The van der Waals surface area contributed by atoms with Gasteiger partial charge in [0, 0.05) is 11.9 Å². The highest BCUT2D eigenvalue weighted by Crippen LogP contribution is 2.14. The molecule has 15 heavy (non-hydrogen) atoms. The number of rotatable bonds is 4. The molecular weight excluding hydrogens is 258 g/mol. The van der Waals surface area contributed by atoms with E-state index in [9.17, 15) is 0 Å². The fourth-order valence-electron chi connectivity index (χ4n) is 1.44. The Kier molecular flexibility index (Phi) is 3.15. The number of hydrogen-bond donors (Lipinski definition) is 1. The number of alkyl halides is 1. The number of imidazole rings is 1. The average molecular weight is 270 g/mol. The molecule has 80 valence electrons. The quantitative estimate of drug-likeness (QED) is 0.676. The van der Waals surface area contributed by atoms with Crippen molar-refractivity contribution < 1.29 is 0 Å². The van der Waals surface area contributed by atoms with Gasteiger partial charge in [0.25, 0.3) is 0 Å². The van der Waals surface area contributed by atoms with Gasteiger partial charge in [-0.25, -0.2) is 15.0 Å². The molecular formula is C9H12BrN5. The molecule has 2 aromatic rings. The third kappa shape index (κ3) is 2.09. The van der Waals surface area contributed by atoms with Crippen LogP contribution in [0.1, 0.15) is 12.8 Å². The zero-order chi connectivity index (χ0) is 10.7. The number of anilines is 1. The van der Waals surface area contributed by atoms with Gasteiger partial charge in [-0.1, -0.05) is 15.9 Å². The smallest absolute Gasteiger partial charge is 0.165 e. The Balaban J connectivity index is 2.25. The highest BCUT2D eigenvalue weighted by atomic mass is 79.9. The van der Waals surface area contributed by atoms with Crippen molar-refractivity contribution in [3.8, 4) is 0 Å². The van der Waals surface area contributed by atoms with E-state index in [1.807, 2.05) is 4.57 Å². The number of fused-ring (bicyclic) bond motifs is 1. The number of hydrogen-bond acceptors (Lipinski definition) is 4. The van der Waals surface area contributed by atoms with Crippen molar-refractivity contribution in [3.63, 3.8) is 0 Å². The maximum atomic E-state index is 5.69. The Hall–Kier alpha value is -1.17. The summed E-state index contributed by atoms with van der Waals surface area (Å²) >= 11 is 3.40. The summed E-state index contributed by atoms with van der Waals surface area (Å²) in [7, 11) is 0. The third-order valence-electron chi connectivity index (χ3n) is 2.21. The minimum Gasteiger partial charge on any atom is -0.382 e. The molecule has 0 aliphatic carbocycles. The SMILES string of the molecule is Nc1ncnc2c1ncn2CCCCBr. The summed E-state index contributed by atoms with van der Waals surface area (Å²) in [6.45, 7) is 0.915. The summed E-state index contributed by atoms with van der Waals surface area (Å²) in [5.41, 5.74) is 7.20. The lowest BCUT2D eigenvalue weighted by atomic mass is 10.3. The molecule has 5 nitrogen and oxygen atoms in total. The second-order valence-corrected chi connectivity index (χ2v) is 4.06. The van der Waals surface area contributed by atoms with E-state index >= 15 is 0 Å². The van der Waals surface area contributed by atoms with Crippen molar-refractivity contribution in [1.29, 1.82) is 0 Å². The van der Waals surface area contributed by atoms with Crippen molar-refractivity contribution in [3.05, 3.63) is 12.7 Å². The van der Waals surface area contributed by atoms with Crippen LogP contribution in [0.25, 0.3) is 11.2 Å². The maximum Gasteiger partial charge on any atom is 0.165 e. The molecule has 0 aliphatic rings. The van der Waals surface area contributed by atoms with Crippen LogP contribution in [0.15, 0.2) is 12.7 Å². The van der Waals surface area contributed by atoms with Crippen LogP contribution in [-0.2, 0) is 6.54 Å². The first kappa shape index (κ1) is 10.4. The van der Waals surface area contributed by atoms with Crippen molar-refractivity contribution in [2.75, 3.05) is 11.1 Å². The summed E-state index contributed by atoms with van der Waals surface area (Å²) < 4.78 is 2.01. The molecule has 0 saturated heterocycles. The lowest BCUT2D eigenvalue weighted by molar-refractivity contribution is 0.646. The van der Waals surface area contributed by atoms with E-state index in [0.717, 1.165) is 30.4 Å². The van der Waals surface area contributed by atoms with Gasteiger partial charge in [0.1, 0.15) is 11.8 Å². The molecule has 0 unspecified atom stereocenters. The van der Waals surface area contributed by atoms with Crippen molar-refractivity contribution in [1.82, 2.24) is 19.5 Å². The zero-order valence-corrected chi connectivity index (χ0v) is 9.81. The number of nitrogen functional groups attached to an aromatic ring is 1. The van der Waals surface area contributed by atoms with Gasteiger partial charge in [0.2, 0.25) is 0 Å². The van der Waals surface area contributed by atoms with Crippen LogP contribution in [0.5, 0.6) is 0 Å². The molecule has 0 amide bonds. The Morgan fingerprint density at radius 3 is 2.93 bits per heavy atom. The number of aromatic nitrogens is 4. The lowest BCUT2D eigenvalue weighted by Crippen LogP contribution is -1.99. The molecule has 0 aliphatic heterocycles. The van der Waals surface area contributed by atoms with Crippen LogP contribution in [-0.4, -0.2) is 24.8 Å². The maximum absolute atomic E-state index is 5.69. The van der Waals surface area contributed by atoms with Crippen LogP contribution < -0.4 is 5.73 Å². The fraction of sp³-hybridized carbons (Fsp3) is 0.444. The van der Waals surface area contributed by atoms with Gasteiger partial charge in [-0.05, 0) is 12.8 Å². The normalized spacial score (nSPS) is 11.0. The second kappa shape index (κ2) is 4.57. The van der Waals surface area contributed by atoms with E-state index in [0.29, 0.717) is 11.3 Å². The topological polar surface area (TPSA) is 69.6 Å². The summed E-state index contributed by atoms with van der Waals surface area (Å²) in [5.74, 6) is 0.444. The first-order valence-corrected chi connectivity index (χ1v) is 5.92. The van der Waals surface area contributed by atoms with E-state index in [4.69, 9.17) is 5.73 Å². The molecule has 0 atom stereocenters. The largest absolute Gasteiger partial charge is 0.382 e. The molecule has 0 fully saturated rings. The Morgan fingerprint density at radius 1 is 1.27 bits per heavy atom. The molecule has 2 N–H and O–H groups in total. The van der Waals surface area contributed by atoms with Crippen LogP contribution >= 0.6 is 15.9 Å². The van der Waals surface area contributed by atoms with Gasteiger partial charge in [0.05, 0.1) is 6.33 Å². The van der Waals surface area contributed by atoms with Crippen LogP contribution in [0.3, 0.4) is 0 Å². The third-order valence-corrected chi connectivity index (χ3v) is 2.77. The summed E-state index contributed by atoms with van der Waals surface area (Å²) in [4.78, 5) is 12.3. The summed E-state index contributed by atoms with van der Waals surface area (Å²) in [6, 6.07) is 0. The summed E-state index contributed by atoms with van der Waals surface area (Å²) in [6.07, 6.45) is 5.48. The molecule has 0 aromatic carbocycles. The van der Waals surface area contributed by atoms with Gasteiger partial charge in [0.15, 0.2) is 11.5 Å². The highest BCUT2D eigenvalue weighted by Gasteiger charge is 2.06. The molecule has 2 heterocycles.